The van der Waals surface area contributed by atoms with Crippen molar-refractivity contribution in [2.24, 2.45) is 0 Å². The number of nitrogen functional groups attached to an aromatic ring is 1. The number of hydrogen-bond donors (Lipinski definition) is 1. The third-order valence-corrected chi connectivity index (χ3v) is 5.56. The van der Waals surface area contributed by atoms with Crippen LogP contribution in [0.3, 0.4) is 0 Å². The number of halogens is 1. The van der Waals surface area contributed by atoms with E-state index in [-0.39, 0.29) is 16.3 Å². The lowest BCUT2D eigenvalue weighted by atomic mass is 10.3. The normalized spacial score (nSPS) is 18.3. The summed E-state index contributed by atoms with van der Waals surface area (Å²) in [5.41, 5.74) is 6.00. The lowest BCUT2D eigenvalue weighted by molar-refractivity contribution is 0.161. The molecule has 0 saturated carbocycles. The average molecular weight is 318 g/mol. The summed E-state index contributed by atoms with van der Waals surface area (Å²) in [4.78, 5) is 4.54. The van der Waals surface area contributed by atoms with E-state index < -0.39 is 9.84 Å². The van der Waals surface area contributed by atoms with E-state index in [0.717, 1.165) is 26.2 Å². The fourth-order valence-electron chi connectivity index (χ4n) is 2.21. The van der Waals surface area contributed by atoms with Crippen molar-refractivity contribution >= 4 is 27.1 Å². The maximum Gasteiger partial charge on any atom is 0.181 e. The van der Waals surface area contributed by atoms with Crippen LogP contribution in [0, 0.1) is 0 Å². The number of nitrogens with zero attached hydrogens (tertiary/aromatic N) is 2. The molecule has 1 aliphatic rings. The molecular weight excluding hydrogens is 298 g/mol. The van der Waals surface area contributed by atoms with Gasteiger partial charge in [0.05, 0.1) is 16.3 Å². The molecule has 0 amide bonds. The largest absolute Gasteiger partial charge is 0.398 e. The SMILES string of the molecule is CN1CCN(CCS(=O)(=O)c2cc(Cl)ccc2N)CC1. The molecule has 1 aromatic carbocycles. The number of sulfone groups is 1. The Kier molecular flexibility index (Phi) is 4.90. The predicted molar refractivity (Wildman–Crippen MR) is 81.9 cm³/mol. The Labute approximate surface area is 125 Å². The second kappa shape index (κ2) is 6.30. The molecule has 0 aliphatic carbocycles. The average Bonchev–Trinajstić information content (AvgIpc) is 2.41. The molecule has 2 N–H and O–H groups in total. The lowest BCUT2D eigenvalue weighted by Gasteiger charge is -2.32. The molecule has 112 valence electrons. The van der Waals surface area contributed by atoms with Crippen LogP contribution in [0.1, 0.15) is 0 Å². The second-order valence-electron chi connectivity index (χ2n) is 5.15. The summed E-state index contributed by atoms with van der Waals surface area (Å²) in [6.07, 6.45) is 0. The highest BCUT2D eigenvalue weighted by molar-refractivity contribution is 7.91. The molecule has 0 bridgehead atoms. The third-order valence-electron chi connectivity index (χ3n) is 3.58. The van der Waals surface area contributed by atoms with Crippen molar-refractivity contribution in [3.8, 4) is 0 Å². The van der Waals surface area contributed by atoms with Crippen molar-refractivity contribution in [2.45, 2.75) is 4.90 Å². The molecule has 7 heteroatoms. The van der Waals surface area contributed by atoms with E-state index in [1.165, 1.54) is 12.1 Å². The van der Waals surface area contributed by atoms with Gasteiger partial charge in [0.2, 0.25) is 0 Å². The Morgan fingerprint density at radius 2 is 1.90 bits per heavy atom. The highest BCUT2D eigenvalue weighted by Crippen LogP contribution is 2.23. The smallest absolute Gasteiger partial charge is 0.181 e. The molecule has 1 saturated heterocycles. The molecule has 0 unspecified atom stereocenters. The highest BCUT2D eigenvalue weighted by Gasteiger charge is 2.21. The zero-order chi connectivity index (χ0) is 14.8. The van der Waals surface area contributed by atoms with Crippen molar-refractivity contribution in [1.29, 1.82) is 0 Å². The van der Waals surface area contributed by atoms with E-state index in [9.17, 15) is 8.42 Å². The van der Waals surface area contributed by atoms with Crippen molar-refractivity contribution < 1.29 is 8.42 Å². The van der Waals surface area contributed by atoms with Crippen LogP contribution in [-0.2, 0) is 9.84 Å². The van der Waals surface area contributed by atoms with Gasteiger partial charge in [-0.05, 0) is 25.2 Å². The first-order valence-corrected chi connectivity index (χ1v) is 8.60. The number of likely N-dealkylation sites (N-methyl/N-ethyl adjacent to an activating group) is 1. The van der Waals surface area contributed by atoms with Gasteiger partial charge in [0.15, 0.2) is 9.84 Å². The van der Waals surface area contributed by atoms with Gasteiger partial charge in [0, 0.05) is 37.7 Å². The molecule has 1 aliphatic heterocycles. The first kappa shape index (κ1) is 15.6. The molecule has 20 heavy (non-hydrogen) atoms. The van der Waals surface area contributed by atoms with E-state index >= 15 is 0 Å². The third kappa shape index (κ3) is 3.85. The van der Waals surface area contributed by atoms with Gasteiger partial charge < -0.3 is 10.6 Å². The van der Waals surface area contributed by atoms with E-state index in [2.05, 4.69) is 16.8 Å². The number of nitrogens with two attached hydrogens (primary N) is 1. The zero-order valence-electron chi connectivity index (χ0n) is 11.5. The highest BCUT2D eigenvalue weighted by atomic mass is 35.5. The maximum absolute atomic E-state index is 12.3. The van der Waals surface area contributed by atoms with Gasteiger partial charge in [-0.2, -0.15) is 0 Å². The minimum Gasteiger partial charge on any atom is -0.398 e. The first-order chi connectivity index (χ1) is 9.38. The molecule has 0 radical (unpaired) electrons. The van der Waals surface area contributed by atoms with Gasteiger partial charge in [-0.25, -0.2) is 8.42 Å². The molecule has 1 fully saturated rings. The fraction of sp³-hybridized carbons (Fsp3) is 0.538. The van der Waals surface area contributed by atoms with Crippen LogP contribution in [0.2, 0.25) is 5.02 Å². The van der Waals surface area contributed by atoms with Crippen molar-refractivity contribution in [1.82, 2.24) is 9.80 Å². The molecule has 1 heterocycles. The number of rotatable bonds is 4. The Morgan fingerprint density at radius 1 is 1.25 bits per heavy atom. The van der Waals surface area contributed by atoms with Crippen LogP contribution in [-0.4, -0.2) is 63.7 Å². The summed E-state index contributed by atoms with van der Waals surface area (Å²) in [5.74, 6) is 0.0707. The quantitative estimate of drug-likeness (QED) is 0.837. The molecule has 2 rings (SSSR count). The first-order valence-electron chi connectivity index (χ1n) is 6.57. The molecule has 0 spiro atoms. The van der Waals surface area contributed by atoms with Crippen LogP contribution in [0.25, 0.3) is 0 Å². The summed E-state index contributed by atoms with van der Waals surface area (Å²) in [5, 5.41) is 0.386. The summed E-state index contributed by atoms with van der Waals surface area (Å²) in [6, 6.07) is 4.55. The van der Waals surface area contributed by atoms with Crippen molar-refractivity contribution in [2.75, 3.05) is 51.3 Å². The lowest BCUT2D eigenvalue weighted by Crippen LogP contribution is -2.45. The molecule has 5 nitrogen and oxygen atoms in total. The zero-order valence-corrected chi connectivity index (χ0v) is 13.1. The van der Waals surface area contributed by atoms with Crippen molar-refractivity contribution in [3.63, 3.8) is 0 Å². The van der Waals surface area contributed by atoms with Gasteiger partial charge >= 0.3 is 0 Å². The van der Waals surface area contributed by atoms with Gasteiger partial charge in [0.1, 0.15) is 0 Å². The Balaban J connectivity index is 2.02. The summed E-state index contributed by atoms with van der Waals surface area (Å²) < 4.78 is 24.7. The van der Waals surface area contributed by atoms with Gasteiger partial charge in [-0.3, -0.25) is 4.90 Å². The standard InChI is InChI=1S/C13H20ClN3O2S/c1-16-4-6-17(7-5-16)8-9-20(18,19)13-10-11(14)2-3-12(13)15/h2-3,10H,4-9,15H2,1H3. The van der Waals surface area contributed by atoms with E-state index in [1.54, 1.807) is 6.07 Å². The maximum atomic E-state index is 12.3. The molecular formula is C13H20ClN3O2S. The predicted octanol–water partition coefficient (Wildman–Crippen LogP) is 0.943. The van der Waals surface area contributed by atoms with E-state index in [4.69, 9.17) is 17.3 Å². The summed E-state index contributed by atoms with van der Waals surface area (Å²) >= 11 is 5.85. The van der Waals surface area contributed by atoms with Gasteiger partial charge in [-0.1, -0.05) is 11.6 Å². The Hall–Kier alpha value is -0.820. The number of anilines is 1. The van der Waals surface area contributed by atoms with Crippen molar-refractivity contribution in [3.05, 3.63) is 23.2 Å². The second-order valence-corrected chi connectivity index (χ2v) is 7.66. The Bertz CT molecular complexity index is 569. The van der Waals surface area contributed by atoms with Crippen LogP contribution < -0.4 is 5.73 Å². The number of piperazine rings is 1. The number of benzene rings is 1. The summed E-state index contributed by atoms with van der Waals surface area (Å²) in [6.45, 7) is 4.27. The molecule has 1 aromatic rings. The van der Waals surface area contributed by atoms with E-state index in [1.807, 2.05) is 0 Å². The summed E-state index contributed by atoms with van der Waals surface area (Å²) in [7, 11) is -1.32. The van der Waals surface area contributed by atoms with E-state index in [0.29, 0.717) is 11.6 Å². The minimum atomic E-state index is -3.39. The van der Waals surface area contributed by atoms with Gasteiger partial charge in [-0.15, -0.1) is 0 Å². The molecule has 0 atom stereocenters. The van der Waals surface area contributed by atoms with Gasteiger partial charge in [0.25, 0.3) is 0 Å². The number of hydrogen-bond acceptors (Lipinski definition) is 5. The topological polar surface area (TPSA) is 66.6 Å². The van der Waals surface area contributed by atoms with Crippen LogP contribution in [0.4, 0.5) is 5.69 Å². The molecule has 0 aromatic heterocycles. The fourth-order valence-corrected chi connectivity index (χ4v) is 3.90. The monoisotopic (exact) mass is 317 g/mol. The van der Waals surface area contributed by atoms with Crippen LogP contribution in [0.5, 0.6) is 0 Å². The Morgan fingerprint density at radius 3 is 2.55 bits per heavy atom. The van der Waals surface area contributed by atoms with Crippen LogP contribution in [0.15, 0.2) is 23.1 Å². The minimum absolute atomic E-state index is 0.0707. The van der Waals surface area contributed by atoms with Crippen LogP contribution >= 0.6 is 11.6 Å².